The summed E-state index contributed by atoms with van der Waals surface area (Å²) in [5.74, 6) is 0.372. The third kappa shape index (κ3) is 3.49. The molecule has 0 aromatic heterocycles. The minimum absolute atomic E-state index is 0.0841. The van der Waals surface area contributed by atoms with Gasteiger partial charge in [0, 0.05) is 0 Å². The lowest BCUT2D eigenvalue weighted by atomic mass is 10.2. The molecule has 0 aliphatic carbocycles. The number of ether oxygens (including phenoxy) is 1. The molecule has 1 aromatic rings. The van der Waals surface area contributed by atoms with E-state index in [4.69, 9.17) is 16.2 Å². The van der Waals surface area contributed by atoms with Crippen LogP contribution in [0.2, 0.25) is 0 Å². The Hall–Kier alpha value is -2.24. The van der Waals surface area contributed by atoms with E-state index in [1.54, 1.807) is 12.1 Å². The molecular formula is C10H14N4O2. The third-order valence-electron chi connectivity index (χ3n) is 1.66. The first-order chi connectivity index (χ1) is 7.63. The van der Waals surface area contributed by atoms with Crippen molar-refractivity contribution in [1.29, 1.82) is 0 Å². The van der Waals surface area contributed by atoms with Crippen molar-refractivity contribution in [2.75, 3.05) is 6.61 Å². The number of aromatic hydroxyl groups is 1. The zero-order chi connectivity index (χ0) is 12.0. The lowest BCUT2D eigenvalue weighted by molar-refractivity contribution is 0.318. The van der Waals surface area contributed by atoms with Crippen LogP contribution < -0.4 is 16.2 Å². The number of phenols is 1. The van der Waals surface area contributed by atoms with E-state index in [9.17, 15) is 5.11 Å². The van der Waals surface area contributed by atoms with Crippen LogP contribution in [0.3, 0.4) is 0 Å². The van der Waals surface area contributed by atoms with Crippen LogP contribution in [0.5, 0.6) is 11.5 Å². The van der Waals surface area contributed by atoms with Crippen molar-refractivity contribution < 1.29 is 9.84 Å². The van der Waals surface area contributed by atoms with E-state index in [0.29, 0.717) is 12.4 Å². The number of benzene rings is 1. The first kappa shape index (κ1) is 11.8. The molecule has 6 nitrogen and oxygen atoms in total. The highest BCUT2D eigenvalue weighted by Crippen LogP contribution is 2.26. The van der Waals surface area contributed by atoms with Crippen LogP contribution in [-0.4, -0.2) is 23.9 Å². The fraction of sp³-hybridized carbons (Fsp3) is 0.200. The predicted octanol–water partition coefficient (Wildman–Crippen LogP) is 0.398. The summed E-state index contributed by atoms with van der Waals surface area (Å²) in [6.07, 6.45) is 1.46. The van der Waals surface area contributed by atoms with Gasteiger partial charge in [-0.15, -0.1) is 5.10 Å². The van der Waals surface area contributed by atoms with Gasteiger partial charge in [0.05, 0.1) is 12.8 Å². The van der Waals surface area contributed by atoms with Crippen LogP contribution in [0.1, 0.15) is 12.5 Å². The number of nitrogens with zero attached hydrogens (tertiary/aromatic N) is 2. The lowest BCUT2D eigenvalue weighted by Crippen LogP contribution is -2.21. The van der Waals surface area contributed by atoms with E-state index in [1.807, 2.05) is 6.92 Å². The summed E-state index contributed by atoms with van der Waals surface area (Å²) in [6.45, 7) is 2.31. The van der Waals surface area contributed by atoms with Gasteiger partial charge in [0.25, 0.3) is 0 Å². The smallest absolute Gasteiger partial charge is 0.211 e. The zero-order valence-corrected chi connectivity index (χ0v) is 8.92. The molecule has 5 N–H and O–H groups in total. The van der Waals surface area contributed by atoms with Crippen molar-refractivity contribution in [2.24, 2.45) is 21.7 Å². The maximum atomic E-state index is 9.44. The maximum absolute atomic E-state index is 9.44. The van der Waals surface area contributed by atoms with E-state index in [1.165, 1.54) is 12.3 Å². The number of hydrogen-bond donors (Lipinski definition) is 3. The Morgan fingerprint density at radius 1 is 1.50 bits per heavy atom. The standard InChI is InChI=1S/C10H14N4O2/c1-2-16-9-5-7(3-4-8(9)15)6-13-14-10(11)12/h3-6,15H,2H2,1H3,(H4,11,12,14)/b13-6-. The second kappa shape index (κ2) is 5.59. The number of rotatable bonds is 4. The van der Waals surface area contributed by atoms with Crippen LogP contribution in [0.15, 0.2) is 28.4 Å². The Morgan fingerprint density at radius 3 is 2.88 bits per heavy atom. The Morgan fingerprint density at radius 2 is 2.25 bits per heavy atom. The van der Waals surface area contributed by atoms with Gasteiger partial charge in [0.15, 0.2) is 11.5 Å². The second-order valence-corrected chi connectivity index (χ2v) is 2.93. The summed E-state index contributed by atoms with van der Waals surface area (Å²) < 4.78 is 5.21. The van der Waals surface area contributed by atoms with E-state index >= 15 is 0 Å². The van der Waals surface area contributed by atoms with Crippen molar-refractivity contribution in [2.45, 2.75) is 6.92 Å². The van der Waals surface area contributed by atoms with Gasteiger partial charge in [0.1, 0.15) is 0 Å². The monoisotopic (exact) mass is 222 g/mol. The highest BCUT2D eigenvalue weighted by Gasteiger charge is 2.01. The van der Waals surface area contributed by atoms with Gasteiger partial charge in [-0.05, 0) is 30.7 Å². The molecule has 1 aromatic carbocycles. The summed E-state index contributed by atoms with van der Waals surface area (Å²) in [5.41, 5.74) is 10.9. The number of hydrogen-bond acceptors (Lipinski definition) is 4. The Labute approximate surface area is 93.2 Å². The molecule has 0 unspecified atom stereocenters. The van der Waals surface area contributed by atoms with Crippen LogP contribution in [0, 0.1) is 0 Å². The van der Waals surface area contributed by atoms with Crippen molar-refractivity contribution in [1.82, 2.24) is 0 Å². The lowest BCUT2D eigenvalue weighted by Gasteiger charge is -2.05. The van der Waals surface area contributed by atoms with Gasteiger partial charge < -0.3 is 21.3 Å². The van der Waals surface area contributed by atoms with E-state index in [0.717, 1.165) is 5.56 Å². The largest absolute Gasteiger partial charge is 0.504 e. The molecule has 6 heteroatoms. The Balaban J connectivity index is 2.86. The molecule has 0 spiro atoms. The topological polar surface area (TPSA) is 106 Å². The molecule has 0 saturated heterocycles. The molecule has 0 radical (unpaired) electrons. The third-order valence-corrected chi connectivity index (χ3v) is 1.66. The van der Waals surface area contributed by atoms with Gasteiger partial charge in [0.2, 0.25) is 5.96 Å². The molecule has 16 heavy (non-hydrogen) atoms. The molecular weight excluding hydrogens is 208 g/mol. The van der Waals surface area contributed by atoms with Crippen LogP contribution in [0.4, 0.5) is 0 Å². The number of phenolic OH excluding ortho intramolecular Hbond substituents is 1. The number of nitrogens with two attached hydrogens (primary N) is 2. The molecule has 0 fully saturated rings. The highest BCUT2D eigenvalue weighted by molar-refractivity contribution is 5.82. The fourth-order valence-corrected chi connectivity index (χ4v) is 1.04. The van der Waals surface area contributed by atoms with Gasteiger partial charge in [-0.2, -0.15) is 5.10 Å². The van der Waals surface area contributed by atoms with Gasteiger partial charge in [-0.3, -0.25) is 0 Å². The van der Waals surface area contributed by atoms with Gasteiger partial charge in [-0.25, -0.2) is 0 Å². The molecule has 0 bridgehead atoms. The minimum atomic E-state index is -0.111. The van der Waals surface area contributed by atoms with Gasteiger partial charge >= 0.3 is 0 Å². The molecule has 0 aliphatic rings. The normalized spacial score (nSPS) is 10.3. The van der Waals surface area contributed by atoms with Crippen molar-refractivity contribution in [3.8, 4) is 11.5 Å². The quantitative estimate of drug-likeness (QED) is 0.389. The fourth-order valence-electron chi connectivity index (χ4n) is 1.04. The average molecular weight is 222 g/mol. The zero-order valence-electron chi connectivity index (χ0n) is 8.92. The first-order valence-electron chi connectivity index (χ1n) is 4.71. The molecule has 1 rings (SSSR count). The average Bonchev–Trinajstić information content (AvgIpc) is 2.22. The minimum Gasteiger partial charge on any atom is -0.504 e. The van der Waals surface area contributed by atoms with Crippen LogP contribution >= 0.6 is 0 Å². The van der Waals surface area contributed by atoms with E-state index in [2.05, 4.69) is 10.2 Å². The summed E-state index contributed by atoms with van der Waals surface area (Å²) in [5, 5.41) is 16.5. The maximum Gasteiger partial charge on any atom is 0.211 e. The summed E-state index contributed by atoms with van der Waals surface area (Å²) in [6, 6.07) is 4.83. The van der Waals surface area contributed by atoms with Crippen molar-refractivity contribution >= 4 is 12.2 Å². The summed E-state index contributed by atoms with van der Waals surface area (Å²) in [4.78, 5) is 0. The molecule has 86 valence electrons. The Kier molecular flexibility index (Phi) is 4.14. The first-order valence-corrected chi connectivity index (χ1v) is 4.71. The number of guanidine groups is 1. The van der Waals surface area contributed by atoms with E-state index < -0.39 is 0 Å². The SMILES string of the molecule is CCOc1cc(/C=N\N=C(N)N)ccc1O. The molecule has 0 aliphatic heterocycles. The van der Waals surface area contributed by atoms with E-state index in [-0.39, 0.29) is 11.7 Å². The highest BCUT2D eigenvalue weighted by atomic mass is 16.5. The summed E-state index contributed by atoms with van der Waals surface area (Å²) in [7, 11) is 0. The summed E-state index contributed by atoms with van der Waals surface area (Å²) >= 11 is 0. The molecule has 0 heterocycles. The van der Waals surface area contributed by atoms with Crippen molar-refractivity contribution in [3.05, 3.63) is 23.8 Å². The second-order valence-electron chi connectivity index (χ2n) is 2.93. The molecule has 0 atom stereocenters. The molecule has 0 saturated carbocycles. The predicted molar refractivity (Wildman–Crippen MR) is 62.7 cm³/mol. The van der Waals surface area contributed by atoms with Gasteiger partial charge in [-0.1, -0.05) is 0 Å². The molecule has 0 amide bonds. The van der Waals surface area contributed by atoms with Crippen LogP contribution in [0.25, 0.3) is 0 Å². The van der Waals surface area contributed by atoms with Crippen molar-refractivity contribution in [3.63, 3.8) is 0 Å². The Bertz CT molecular complexity index is 411. The van der Waals surface area contributed by atoms with Crippen LogP contribution in [-0.2, 0) is 0 Å².